The molecule has 2 aromatic rings. The van der Waals surface area contributed by atoms with Crippen molar-refractivity contribution < 1.29 is 13.6 Å². The van der Waals surface area contributed by atoms with Crippen LogP contribution in [0, 0.1) is 11.7 Å². The first-order chi connectivity index (χ1) is 10.7. The van der Waals surface area contributed by atoms with Crippen LogP contribution in [0.4, 0.5) is 4.39 Å². The minimum atomic E-state index is -0.317. The van der Waals surface area contributed by atoms with Crippen LogP contribution in [0.5, 0.6) is 0 Å². The van der Waals surface area contributed by atoms with Gasteiger partial charge in [0.25, 0.3) is 0 Å². The summed E-state index contributed by atoms with van der Waals surface area (Å²) < 4.78 is 18.2. The van der Waals surface area contributed by atoms with Gasteiger partial charge in [0.1, 0.15) is 12.1 Å². The molecule has 0 bridgehead atoms. The van der Waals surface area contributed by atoms with Crippen molar-refractivity contribution in [3.05, 3.63) is 42.0 Å². The van der Waals surface area contributed by atoms with Crippen molar-refractivity contribution in [2.24, 2.45) is 11.7 Å². The van der Waals surface area contributed by atoms with Gasteiger partial charge < -0.3 is 15.5 Å². The molecule has 0 spiro atoms. The van der Waals surface area contributed by atoms with E-state index in [1.165, 1.54) is 18.4 Å². The van der Waals surface area contributed by atoms with Gasteiger partial charge in [-0.2, -0.15) is 0 Å². The Morgan fingerprint density at radius 2 is 2.14 bits per heavy atom. The largest absolute Gasteiger partial charge is 0.444 e. The number of nitrogens with one attached hydrogen (secondary N) is 1. The number of oxazole rings is 1. The maximum atomic E-state index is 12.9. The van der Waals surface area contributed by atoms with Crippen molar-refractivity contribution in [1.29, 1.82) is 0 Å². The molecule has 0 aliphatic heterocycles. The second-order valence-electron chi connectivity index (χ2n) is 5.57. The minimum absolute atomic E-state index is 0.0518. The van der Waals surface area contributed by atoms with E-state index in [9.17, 15) is 9.18 Å². The molecule has 1 aliphatic carbocycles. The number of carbonyl (C=O) groups excluding carboxylic acids is 1. The first kappa shape index (κ1) is 14.7. The highest BCUT2D eigenvalue weighted by Gasteiger charge is 2.31. The van der Waals surface area contributed by atoms with Crippen LogP contribution in [-0.2, 0) is 11.2 Å². The zero-order valence-corrected chi connectivity index (χ0v) is 12.1. The Morgan fingerprint density at radius 3 is 2.77 bits per heavy atom. The van der Waals surface area contributed by atoms with Crippen LogP contribution in [0.15, 0.2) is 34.9 Å². The van der Waals surface area contributed by atoms with Crippen LogP contribution in [0.1, 0.15) is 18.5 Å². The van der Waals surface area contributed by atoms with Crippen molar-refractivity contribution >= 4 is 5.91 Å². The molecular weight excluding hydrogens is 285 g/mol. The molecule has 1 fully saturated rings. The summed E-state index contributed by atoms with van der Waals surface area (Å²) >= 11 is 0. The van der Waals surface area contributed by atoms with E-state index in [0.29, 0.717) is 29.6 Å². The van der Waals surface area contributed by atoms with Crippen LogP contribution in [-0.4, -0.2) is 23.5 Å². The zero-order chi connectivity index (χ0) is 15.5. The molecule has 22 heavy (non-hydrogen) atoms. The lowest BCUT2D eigenvalue weighted by atomic mass is 10.2. The Labute approximate surface area is 127 Å². The fraction of sp³-hybridized carbons (Fsp3) is 0.375. The van der Waals surface area contributed by atoms with Crippen LogP contribution < -0.4 is 11.1 Å². The molecule has 0 saturated heterocycles. The van der Waals surface area contributed by atoms with E-state index in [4.69, 9.17) is 10.2 Å². The monoisotopic (exact) mass is 303 g/mol. The maximum absolute atomic E-state index is 12.9. The average molecular weight is 303 g/mol. The lowest BCUT2D eigenvalue weighted by Crippen LogP contribution is -2.42. The zero-order valence-electron chi connectivity index (χ0n) is 12.1. The van der Waals surface area contributed by atoms with Crippen LogP contribution in [0.3, 0.4) is 0 Å². The fourth-order valence-electron chi connectivity index (χ4n) is 2.40. The number of halogens is 1. The Hall–Kier alpha value is -2.21. The highest BCUT2D eigenvalue weighted by molar-refractivity contribution is 5.78. The Bertz CT molecular complexity index is 650. The minimum Gasteiger partial charge on any atom is -0.444 e. The summed E-state index contributed by atoms with van der Waals surface area (Å²) in [4.78, 5) is 16.3. The lowest BCUT2D eigenvalue weighted by Gasteiger charge is -2.15. The molecule has 116 valence electrons. The number of hydrogen-bond donors (Lipinski definition) is 2. The summed E-state index contributed by atoms with van der Waals surface area (Å²) in [5, 5.41) is 2.94. The van der Waals surface area contributed by atoms with Gasteiger partial charge >= 0.3 is 0 Å². The summed E-state index contributed by atoms with van der Waals surface area (Å²) in [5.74, 6) is 0.463. The van der Waals surface area contributed by atoms with Gasteiger partial charge in [-0.05, 0) is 43.0 Å². The van der Waals surface area contributed by atoms with E-state index in [-0.39, 0.29) is 24.2 Å². The predicted octanol–water partition coefficient (Wildman–Crippen LogP) is 1.88. The third-order valence-corrected chi connectivity index (χ3v) is 3.78. The van der Waals surface area contributed by atoms with E-state index in [2.05, 4.69) is 10.3 Å². The summed E-state index contributed by atoms with van der Waals surface area (Å²) in [6.45, 7) is 0.454. The normalized spacial score (nSPS) is 15.5. The van der Waals surface area contributed by atoms with Gasteiger partial charge in [0.05, 0.1) is 12.1 Å². The average Bonchev–Trinajstić information content (AvgIpc) is 3.25. The van der Waals surface area contributed by atoms with E-state index in [1.54, 1.807) is 12.1 Å². The molecule has 6 heteroatoms. The molecule has 1 aliphatic rings. The van der Waals surface area contributed by atoms with Gasteiger partial charge in [-0.3, -0.25) is 4.79 Å². The van der Waals surface area contributed by atoms with E-state index in [0.717, 1.165) is 12.8 Å². The molecular formula is C16H18FN3O2. The first-order valence-electron chi connectivity index (χ1n) is 7.35. The van der Waals surface area contributed by atoms with Crippen LogP contribution in [0.2, 0.25) is 0 Å². The van der Waals surface area contributed by atoms with Gasteiger partial charge in [0, 0.05) is 18.2 Å². The number of nitrogens with two attached hydrogens (primary N) is 1. The quantitative estimate of drug-likeness (QED) is 0.853. The number of hydrogen-bond acceptors (Lipinski definition) is 4. The van der Waals surface area contributed by atoms with E-state index >= 15 is 0 Å². The SMILES string of the molecule is NCC(NC(=O)Cc1coc(-c2ccc(F)cc2)n1)C1CC1. The Balaban J connectivity index is 1.61. The van der Waals surface area contributed by atoms with Gasteiger partial charge in [0.15, 0.2) is 0 Å². The summed E-state index contributed by atoms with van der Waals surface area (Å²) in [6.07, 6.45) is 3.85. The molecule has 1 heterocycles. The lowest BCUT2D eigenvalue weighted by molar-refractivity contribution is -0.121. The second kappa shape index (κ2) is 6.27. The molecule has 1 aromatic heterocycles. The highest BCUT2D eigenvalue weighted by Crippen LogP contribution is 2.32. The third kappa shape index (κ3) is 3.51. The number of amides is 1. The number of rotatable bonds is 6. The van der Waals surface area contributed by atoms with Gasteiger partial charge in [0.2, 0.25) is 11.8 Å². The fourth-order valence-corrected chi connectivity index (χ4v) is 2.40. The smallest absolute Gasteiger partial charge is 0.226 e. The number of nitrogens with zero attached hydrogens (tertiary/aromatic N) is 1. The summed E-state index contributed by atoms with van der Waals surface area (Å²) in [5.41, 5.74) is 6.89. The van der Waals surface area contributed by atoms with Crippen molar-refractivity contribution in [2.45, 2.75) is 25.3 Å². The highest BCUT2D eigenvalue weighted by atomic mass is 19.1. The Morgan fingerprint density at radius 1 is 1.41 bits per heavy atom. The van der Waals surface area contributed by atoms with Crippen molar-refractivity contribution in [3.8, 4) is 11.5 Å². The molecule has 3 rings (SSSR count). The van der Waals surface area contributed by atoms with E-state index < -0.39 is 0 Å². The van der Waals surface area contributed by atoms with Gasteiger partial charge in [-0.15, -0.1) is 0 Å². The first-order valence-corrected chi connectivity index (χ1v) is 7.35. The van der Waals surface area contributed by atoms with Crippen LogP contribution >= 0.6 is 0 Å². The van der Waals surface area contributed by atoms with Crippen molar-refractivity contribution in [2.75, 3.05) is 6.54 Å². The van der Waals surface area contributed by atoms with Crippen LogP contribution in [0.25, 0.3) is 11.5 Å². The van der Waals surface area contributed by atoms with E-state index in [1.807, 2.05) is 0 Å². The molecule has 1 unspecified atom stereocenters. The standard InChI is InChI=1S/C16H18FN3O2/c17-12-5-3-11(4-6-12)16-19-13(9-22-16)7-15(21)20-14(8-18)10-1-2-10/h3-6,9-10,14H,1-2,7-8,18H2,(H,20,21). The molecule has 0 radical (unpaired) electrons. The molecule has 1 aromatic carbocycles. The van der Waals surface area contributed by atoms with Gasteiger partial charge in [-0.25, -0.2) is 9.37 Å². The van der Waals surface area contributed by atoms with Crippen molar-refractivity contribution in [1.82, 2.24) is 10.3 Å². The summed E-state index contributed by atoms with van der Waals surface area (Å²) in [6, 6.07) is 5.90. The maximum Gasteiger partial charge on any atom is 0.226 e. The molecule has 3 N–H and O–H groups in total. The number of benzene rings is 1. The molecule has 1 saturated carbocycles. The number of aromatic nitrogens is 1. The molecule has 5 nitrogen and oxygen atoms in total. The van der Waals surface area contributed by atoms with Crippen molar-refractivity contribution in [3.63, 3.8) is 0 Å². The molecule has 1 atom stereocenters. The third-order valence-electron chi connectivity index (χ3n) is 3.78. The topological polar surface area (TPSA) is 81.1 Å². The Kier molecular flexibility index (Phi) is 4.20. The summed E-state index contributed by atoms with van der Waals surface area (Å²) in [7, 11) is 0. The number of carbonyl (C=O) groups is 1. The predicted molar refractivity (Wildman–Crippen MR) is 79.3 cm³/mol. The molecule has 1 amide bonds. The van der Waals surface area contributed by atoms with Gasteiger partial charge in [-0.1, -0.05) is 0 Å². The second-order valence-corrected chi connectivity index (χ2v) is 5.57.